The van der Waals surface area contributed by atoms with Crippen LogP contribution in [0, 0.1) is 0 Å². The van der Waals surface area contributed by atoms with E-state index in [-0.39, 0.29) is 16.8 Å². The Labute approximate surface area is 205 Å². The Morgan fingerprint density at radius 2 is 1.77 bits per heavy atom. The van der Waals surface area contributed by atoms with Crippen LogP contribution in [-0.2, 0) is 23.0 Å². The minimum Gasteiger partial charge on any atom is -0.346 e. The van der Waals surface area contributed by atoms with Crippen LogP contribution in [0.15, 0.2) is 96.4 Å². The second-order valence-electron chi connectivity index (χ2n) is 8.64. The monoisotopic (exact) mass is 486 g/mol. The van der Waals surface area contributed by atoms with Crippen molar-refractivity contribution >= 4 is 15.9 Å². The molecule has 1 aromatic heterocycles. The summed E-state index contributed by atoms with van der Waals surface area (Å²) in [5.41, 5.74) is 4.43. The van der Waals surface area contributed by atoms with E-state index in [0.717, 1.165) is 16.8 Å². The van der Waals surface area contributed by atoms with Crippen LogP contribution in [0.5, 0.6) is 0 Å². The molecule has 7 nitrogen and oxygen atoms in total. The number of carbonyl (C=O) groups excluding carboxylic acids is 1. The van der Waals surface area contributed by atoms with Crippen LogP contribution < -0.4 is 5.32 Å². The number of nitrogens with zero attached hydrogens (tertiary/aromatic N) is 3. The molecule has 3 aromatic carbocycles. The number of benzene rings is 3. The Morgan fingerprint density at radius 1 is 1.00 bits per heavy atom. The molecule has 4 aromatic rings. The highest BCUT2D eigenvalue weighted by atomic mass is 32.2. The number of carbonyl (C=O) groups is 1. The molecule has 1 aliphatic heterocycles. The molecule has 0 saturated carbocycles. The van der Waals surface area contributed by atoms with E-state index < -0.39 is 10.0 Å². The molecule has 0 saturated heterocycles. The van der Waals surface area contributed by atoms with E-state index in [1.807, 2.05) is 66.2 Å². The largest absolute Gasteiger partial charge is 0.346 e. The third kappa shape index (κ3) is 4.76. The molecular weight excluding hydrogens is 460 g/mol. The van der Waals surface area contributed by atoms with Gasteiger partial charge in [-0.2, -0.15) is 4.31 Å². The zero-order valence-electron chi connectivity index (χ0n) is 19.3. The number of hydrogen-bond acceptors (Lipinski definition) is 4. The number of nitrogens with one attached hydrogen (secondary N) is 1. The first-order chi connectivity index (χ1) is 16.9. The van der Waals surface area contributed by atoms with Crippen molar-refractivity contribution < 1.29 is 13.2 Å². The summed E-state index contributed by atoms with van der Waals surface area (Å²) in [6.45, 7) is 2.65. The van der Waals surface area contributed by atoms with Gasteiger partial charge in [0.2, 0.25) is 10.0 Å². The summed E-state index contributed by atoms with van der Waals surface area (Å²) in [6, 6.07) is 21.7. The molecule has 0 aliphatic carbocycles. The lowest BCUT2D eigenvalue weighted by molar-refractivity contribution is 0.0939. The number of imidazole rings is 1. The summed E-state index contributed by atoms with van der Waals surface area (Å²) in [7, 11) is -3.72. The van der Waals surface area contributed by atoms with Crippen LogP contribution in [-0.4, -0.2) is 34.7 Å². The van der Waals surface area contributed by atoms with E-state index in [9.17, 15) is 13.2 Å². The molecule has 1 unspecified atom stereocenters. The van der Waals surface area contributed by atoms with Crippen molar-refractivity contribution in [2.45, 2.75) is 30.8 Å². The van der Waals surface area contributed by atoms with Gasteiger partial charge in [0.1, 0.15) is 0 Å². The van der Waals surface area contributed by atoms with Gasteiger partial charge >= 0.3 is 0 Å². The standard InChI is InChI=1S/C27H26N4O3S/c1-20(21-9-11-25(12-10-21)30-16-14-28-19-30)29-27(32)23-7-4-8-26(17-23)35(33,34)31-15-13-22-5-2-3-6-24(22)18-31/h2-12,14,16-17,19-20H,13,15,18H2,1H3,(H,29,32). The Kier molecular flexibility index (Phi) is 6.23. The summed E-state index contributed by atoms with van der Waals surface area (Å²) in [4.78, 5) is 17.1. The second kappa shape index (κ2) is 9.48. The van der Waals surface area contributed by atoms with Gasteiger partial charge in [-0.1, -0.05) is 42.5 Å². The van der Waals surface area contributed by atoms with Crippen LogP contribution in [0.25, 0.3) is 5.69 Å². The zero-order valence-corrected chi connectivity index (χ0v) is 20.2. The van der Waals surface area contributed by atoms with Gasteiger partial charge in [-0.25, -0.2) is 13.4 Å². The molecule has 1 atom stereocenters. The number of sulfonamides is 1. The third-order valence-electron chi connectivity index (χ3n) is 6.37. The topological polar surface area (TPSA) is 84.3 Å². The number of fused-ring (bicyclic) bond motifs is 1. The predicted octanol–water partition coefficient (Wildman–Crippen LogP) is 4.11. The van der Waals surface area contributed by atoms with E-state index >= 15 is 0 Å². The fraction of sp³-hybridized carbons (Fsp3) is 0.185. The Balaban J connectivity index is 1.30. The quantitative estimate of drug-likeness (QED) is 0.445. The Morgan fingerprint density at radius 3 is 2.51 bits per heavy atom. The highest BCUT2D eigenvalue weighted by molar-refractivity contribution is 7.89. The molecule has 0 bridgehead atoms. The molecule has 5 rings (SSSR count). The number of aromatic nitrogens is 2. The van der Waals surface area contributed by atoms with Gasteiger partial charge in [-0.05, 0) is 60.4 Å². The van der Waals surface area contributed by atoms with Crippen molar-refractivity contribution in [1.82, 2.24) is 19.2 Å². The highest BCUT2D eigenvalue weighted by Gasteiger charge is 2.28. The normalized spacial score (nSPS) is 14.8. The average molecular weight is 487 g/mol. The van der Waals surface area contributed by atoms with Crippen molar-refractivity contribution in [1.29, 1.82) is 0 Å². The first-order valence-electron chi connectivity index (χ1n) is 11.5. The maximum Gasteiger partial charge on any atom is 0.251 e. The molecular formula is C27H26N4O3S. The highest BCUT2D eigenvalue weighted by Crippen LogP contribution is 2.25. The summed E-state index contributed by atoms with van der Waals surface area (Å²) < 4.78 is 30.1. The molecule has 35 heavy (non-hydrogen) atoms. The van der Waals surface area contributed by atoms with Crippen molar-refractivity contribution in [3.63, 3.8) is 0 Å². The maximum atomic E-state index is 13.3. The molecule has 2 heterocycles. The van der Waals surface area contributed by atoms with Crippen LogP contribution in [0.1, 0.15) is 40.0 Å². The fourth-order valence-electron chi connectivity index (χ4n) is 4.33. The van der Waals surface area contributed by atoms with Crippen molar-refractivity contribution in [2.24, 2.45) is 0 Å². The van der Waals surface area contributed by atoms with Crippen LogP contribution in [0.4, 0.5) is 0 Å². The van der Waals surface area contributed by atoms with E-state index in [0.29, 0.717) is 25.1 Å². The smallest absolute Gasteiger partial charge is 0.251 e. The zero-order chi connectivity index (χ0) is 24.4. The van der Waals surface area contributed by atoms with E-state index in [4.69, 9.17) is 0 Å². The Hall–Kier alpha value is -3.75. The van der Waals surface area contributed by atoms with Crippen LogP contribution in [0.3, 0.4) is 0 Å². The number of amides is 1. The van der Waals surface area contributed by atoms with Gasteiger partial charge in [0.05, 0.1) is 17.3 Å². The SMILES string of the molecule is CC(NC(=O)c1cccc(S(=O)(=O)N2CCc3ccccc3C2)c1)c1ccc(-n2ccnc2)cc1. The van der Waals surface area contributed by atoms with Gasteiger partial charge in [-0.15, -0.1) is 0 Å². The second-order valence-corrected chi connectivity index (χ2v) is 10.6. The minimum atomic E-state index is -3.72. The van der Waals surface area contributed by atoms with E-state index in [1.54, 1.807) is 30.7 Å². The minimum absolute atomic E-state index is 0.127. The first kappa shape index (κ1) is 23.0. The fourth-order valence-corrected chi connectivity index (χ4v) is 5.80. The van der Waals surface area contributed by atoms with Crippen molar-refractivity contribution in [2.75, 3.05) is 6.54 Å². The van der Waals surface area contributed by atoms with Gasteiger partial charge in [0, 0.05) is 36.7 Å². The predicted molar refractivity (Wildman–Crippen MR) is 134 cm³/mol. The van der Waals surface area contributed by atoms with Gasteiger partial charge in [0.25, 0.3) is 5.91 Å². The van der Waals surface area contributed by atoms with Gasteiger partial charge in [0.15, 0.2) is 0 Å². The molecule has 1 aliphatic rings. The van der Waals surface area contributed by atoms with E-state index in [2.05, 4.69) is 10.3 Å². The van der Waals surface area contributed by atoms with Crippen molar-refractivity contribution in [3.05, 3.63) is 114 Å². The van der Waals surface area contributed by atoms with Gasteiger partial charge < -0.3 is 9.88 Å². The summed E-state index contributed by atoms with van der Waals surface area (Å²) >= 11 is 0. The van der Waals surface area contributed by atoms with Crippen LogP contribution >= 0.6 is 0 Å². The lowest BCUT2D eigenvalue weighted by Crippen LogP contribution is -2.36. The molecule has 0 fully saturated rings. The molecule has 0 spiro atoms. The molecule has 8 heteroatoms. The van der Waals surface area contributed by atoms with Gasteiger partial charge in [-0.3, -0.25) is 4.79 Å². The summed E-state index contributed by atoms with van der Waals surface area (Å²) in [5.74, 6) is -0.322. The average Bonchev–Trinajstić information content (AvgIpc) is 3.43. The molecule has 178 valence electrons. The van der Waals surface area contributed by atoms with E-state index in [1.165, 1.54) is 15.9 Å². The first-order valence-corrected chi connectivity index (χ1v) is 12.9. The Bertz CT molecular complexity index is 1450. The number of hydrogen-bond donors (Lipinski definition) is 1. The lowest BCUT2D eigenvalue weighted by Gasteiger charge is -2.28. The molecule has 1 N–H and O–H groups in total. The molecule has 0 radical (unpaired) electrons. The van der Waals surface area contributed by atoms with Crippen molar-refractivity contribution in [3.8, 4) is 5.69 Å². The summed E-state index contributed by atoms with van der Waals surface area (Å²) in [6.07, 6.45) is 5.98. The number of rotatable bonds is 6. The third-order valence-corrected chi connectivity index (χ3v) is 8.21. The lowest BCUT2D eigenvalue weighted by atomic mass is 10.0. The van der Waals surface area contributed by atoms with Crippen LogP contribution in [0.2, 0.25) is 0 Å². The maximum absolute atomic E-state index is 13.3. The molecule has 1 amide bonds. The summed E-state index contributed by atoms with van der Waals surface area (Å²) in [5, 5.41) is 2.97.